The first-order valence-electron chi connectivity index (χ1n) is 2.07. The maximum atomic E-state index is 3.77. The van der Waals surface area contributed by atoms with Gasteiger partial charge in [-0.2, -0.15) is 0 Å². The van der Waals surface area contributed by atoms with E-state index in [2.05, 4.69) is 10.4 Å². The molecule has 0 aliphatic carbocycles. The van der Waals surface area contributed by atoms with Crippen LogP contribution in [-0.2, 0) is 0 Å². The average molecular weight is 97.1 g/mol. The lowest BCUT2D eigenvalue weighted by molar-refractivity contribution is 0.408. The van der Waals surface area contributed by atoms with Crippen molar-refractivity contribution < 1.29 is 0 Å². The van der Waals surface area contributed by atoms with Crippen molar-refractivity contribution in [3.63, 3.8) is 0 Å². The summed E-state index contributed by atoms with van der Waals surface area (Å²) in [5, 5.41) is 1.81. The Hall–Kier alpha value is -0.990. The fraction of sp³-hybridized carbons (Fsp3) is 0.250. The molecular weight excluding hydrogens is 90.1 g/mol. The van der Waals surface area contributed by atoms with Crippen molar-refractivity contribution in [1.82, 2.24) is 10.4 Å². The molecule has 0 aromatic carbocycles. The highest BCUT2D eigenvalue weighted by molar-refractivity contribution is 5.55. The van der Waals surface area contributed by atoms with Crippen LogP contribution in [0.15, 0.2) is 17.4 Å². The van der Waals surface area contributed by atoms with Gasteiger partial charge in [-0.25, -0.2) is 4.99 Å². The van der Waals surface area contributed by atoms with Crippen LogP contribution in [0.25, 0.3) is 0 Å². The molecule has 0 fully saturated rings. The van der Waals surface area contributed by atoms with E-state index >= 15 is 0 Å². The third-order valence-corrected chi connectivity index (χ3v) is 0.712. The Balaban J connectivity index is 2.49. The van der Waals surface area contributed by atoms with E-state index in [0.29, 0.717) is 0 Å². The van der Waals surface area contributed by atoms with Crippen LogP contribution in [0.4, 0.5) is 0 Å². The van der Waals surface area contributed by atoms with E-state index < -0.39 is 0 Å². The summed E-state index contributed by atoms with van der Waals surface area (Å²) in [5.74, 6) is 0. The third-order valence-electron chi connectivity index (χ3n) is 0.712. The molecule has 0 saturated heterocycles. The second-order valence-corrected chi connectivity index (χ2v) is 1.32. The molecule has 3 heteroatoms. The van der Waals surface area contributed by atoms with Crippen molar-refractivity contribution >= 4 is 6.34 Å². The number of rotatable bonds is 0. The number of hydrazine groups is 1. The fourth-order valence-electron chi connectivity index (χ4n) is 0.349. The number of nitrogens with one attached hydrogen (secondary N) is 1. The Morgan fingerprint density at radius 3 is 2.86 bits per heavy atom. The monoisotopic (exact) mass is 97.1 g/mol. The number of nitrogens with zero attached hydrogens (tertiary/aromatic N) is 2. The van der Waals surface area contributed by atoms with Gasteiger partial charge in [0.15, 0.2) is 0 Å². The molecule has 0 aromatic heterocycles. The third kappa shape index (κ3) is 0.924. The predicted molar refractivity (Wildman–Crippen MR) is 28.5 cm³/mol. The molecule has 0 bridgehead atoms. The zero-order chi connectivity index (χ0) is 5.11. The van der Waals surface area contributed by atoms with Crippen LogP contribution in [0.2, 0.25) is 0 Å². The van der Waals surface area contributed by atoms with Crippen LogP contribution in [0.1, 0.15) is 0 Å². The lowest BCUT2D eigenvalue weighted by Gasteiger charge is -2.13. The van der Waals surface area contributed by atoms with Crippen molar-refractivity contribution in [2.24, 2.45) is 4.99 Å². The van der Waals surface area contributed by atoms with Gasteiger partial charge in [-0.05, 0) is 0 Å². The highest BCUT2D eigenvalue weighted by atomic mass is 15.5. The van der Waals surface area contributed by atoms with Crippen molar-refractivity contribution in [2.45, 2.75) is 0 Å². The SMILES string of the molecule is CN1C=CN=CN1. The van der Waals surface area contributed by atoms with Gasteiger partial charge in [0.1, 0.15) is 6.34 Å². The maximum Gasteiger partial charge on any atom is 0.107 e. The predicted octanol–water partition coefficient (Wildman–Crippen LogP) is -0.0641. The Bertz CT molecular complexity index is 106. The fourth-order valence-corrected chi connectivity index (χ4v) is 0.349. The molecule has 1 aliphatic heterocycles. The lowest BCUT2D eigenvalue weighted by Crippen LogP contribution is -2.29. The van der Waals surface area contributed by atoms with E-state index in [-0.39, 0.29) is 0 Å². The molecule has 0 spiro atoms. The van der Waals surface area contributed by atoms with Gasteiger partial charge in [0.25, 0.3) is 0 Å². The van der Waals surface area contributed by atoms with E-state index in [1.165, 1.54) is 0 Å². The molecule has 0 unspecified atom stereocenters. The number of aliphatic imine (C=N–C) groups is 1. The number of hydrogen-bond acceptors (Lipinski definition) is 3. The molecular formula is C4H7N3. The largest absolute Gasteiger partial charge is 0.296 e. The summed E-state index contributed by atoms with van der Waals surface area (Å²) in [6, 6.07) is 0. The first-order chi connectivity index (χ1) is 3.39. The maximum absolute atomic E-state index is 3.77. The lowest BCUT2D eigenvalue weighted by atomic mass is 10.8. The quantitative estimate of drug-likeness (QED) is 0.458. The zero-order valence-corrected chi connectivity index (χ0v) is 4.13. The molecule has 0 atom stereocenters. The molecule has 38 valence electrons. The molecule has 1 rings (SSSR count). The average Bonchev–Trinajstić information content (AvgIpc) is 1.69. The van der Waals surface area contributed by atoms with E-state index in [1.54, 1.807) is 12.5 Å². The van der Waals surface area contributed by atoms with Crippen LogP contribution in [0.5, 0.6) is 0 Å². The van der Waals surface area contributed by atoms with Crippen LogP contribution in [0, 0.1) is 0 Å². The summed E-state index contributed by atoms with van der Waals surface area (Å²) in [6.07, 6.45) is 5.18. The zero-order valence-electron chi connectivity index (χ0n) is 4.13. The number of hydrogen-bond donors (Lipinski definition) is 1. The second-order valence-electron chi connectivity index (χ2n) is 1.32. The minimum absolute atomic E-state index is 1.62. The Morgan fingerprint density at radius 1 is 1.71 bits per heavy atom. The molecule has 0 radical (unpaired) electrons. The standard InChI is InChI=1S/C4H7N3/c1-7-3-2-5-4-6-7/h2-4H,1H3,(H,5,6). The van der Waals surface area contributed by atoms with E-state index in [0.717, 1.165) is 0 Å². The summed E-state index contributed by atoms with van der Waals surface area (Å²) < 4.78 is 0. The van der Waals surface area contributed by atoms with Crippen molar-refractivity contribution in [3.8, 4) is 0 Å². The van der Waals surface area contributed by atoms with Gasteiger partial charge in [0.2, 0.25) is 0 Å². The smallest absolute Gasteiger partial charge is 0.107 e. The highest BCUT2D eigenvalue weighted by Gasteiger charge is 1.84. The van der Waals surface area contributed by atoms with Crippen LogP contribution < -0.4 is 5.43 Å². The van der Waals surface area contributed by atoms with Gasteiger partial charge >= 0.3 is 0 Å². The molecule has 1 aliphatic rings. The van der Waals surface area contributed by atoms with Crippen LogP contribution in [-0.4, -0.2) is 18.4 Å². The summed E-state index contributed by atoms with van der Waals surface area (Å²) in [5.41, 5.74) is 2.84. The Labute approximate surface area is 42.3 Å². The minimum Gasteiger partial charge on any atom is -0.296 e. The summed E-state index contributed by atoms with van der Waals surface area (Å²) in [4.78, 5) is 3.77. The Kier molecular flexibility index (Phi) is 0.978. The van der Waals surface area contributed by atoms with Crippen molar-refractivity contribution in [1.29, 1.82) is 0 Å². The Morgan fingerprint density at radius 2 is 2.57 bits per heavy atom. The van der Waals surface area contributed by atoms with E-state index in [9.17, 15) is 0 Å². The van der Waals surface area contributed by atoms with Gasteiger partial charge < -0.3 is 0 Å². The van der Waals surface area contributed by atoms with Crippen molar-refractivity contribution in [2.75, 3.05) is 7.05 Å². The van der Waals surface area contributed by atoms with Gasteiger partial charge in [0.05, 0.1) is 0 Å². The van der Waals surface area contributed by atoms with Gasteiger partial charge in [0, 0.05) is 19.4 Å². The summed E-state index contributed by atoms with van der Waals surface area (Å²) in [6.45, 7) is 0. The second kappa shape index (κ2) is 1.64. The molecule has 0 aromatic rings. The molecule has 7 heavy (non-hydrogen) atoms. The van der Waals surface area contributed by atoms with E-state index in [4.69, 9.17) is 0 Å². The molecule has 3 nitrogen and oxygen atoms in total. The van der Waals surface area contributed by atoms with Crippen molar-refractivity contribution in [3.05, 3.63) is 12.4 Å². The van der Waals surface area contributed by atoms with E-state index in [1.807, 2.05) is 18.3 Å². The van der Waals surface area contributed by atoms with Gasteiger partial charge in [-0.15, -0.1) is 0 Å². The molecule has 0 amide bonds. The molecule has 1 heterocycles. The van der Waals surface area contributed by atoms with Gasteiger partial charge in [-0.1, -0.05) is 0 Å². The van der Waals surface area contributed by atoms with Crippen LogP contribution >= 0.6 is 0 Å². The van der Waals surface area contributed by atoms with Gasteiger partial charge in [-0.3, -0.25) is 10.4 Å². The highest BCUT2D eigenvalue weighted by Crippen LogP contribution is 1.81. The molecule has 0 saturated carbocycles. The minimum atomic E-state index is 1.62. The normalized spacial score (nSPS) is 17.0. The molecule has 1 N–H and O–H groups in total. The summed E-state index contributed by atoms with van der Waals surface area (Å²) in [7, 11) is 1.90. The first kappa shape index (κ1) is 4.18. The first-order valence-corrected chi connectivity index (χ1v) is 2.07. The topological polar surface area (TPSA) is 27.6 Å². The van der Waals surface area contributed by atoms with Crippen LogP contribution in [0.3, 0.4) is 0 Å². The summed E-state index contributed by atoms with van der Waals surface area (Å²) >= 11 is 0.